The largest absolute Gasteiger partial charge is 0.355 e. The molecular weight excluding hydrogens is 286 g/mol. The highest BCUT2D eigenvalue weighted by Crippen LogP contribution is 2.10. The number of hydrogen-bond donors (Lipinski definition) is 3. The number of rotatable bonds is 3. The summed E-state index contributed by atoms with van der Waals surface area (Å²) >= 11 is 5.14. The van der Waals surface area contributed by atoms with Gasteiger partial charge in [0.25, 0.3) is 5.91 Å². The summed E-state index contributed by atoms with van der Waals surface area (Å²) in [6.45, 7) is 1.99. The van der Waals surface area contributed by atoms with Crippen molar-refractivity contribution in [1.29, 1.82) is 0 Å². The summed E-state index contributed by atoms with van der Waals surface area (Å²) in [5, 5.41) is 7.43. The first-order chi connectivity index (χ1) is 10.1. The van der Waals surface area contributed by atoms with Gasteiger partial charge in [-0.05, 0) is 30.8 Å². The van der Waals surface area contributed by atoms with Gasteiger partial charge in [0, 0.05) is 13.2 Å². The average molecular weight is 303 g/mol. The van der Waals surface area contributed by atoms with Crippen LogP contribution in [0.1, 0.15) is 29.0 Å². The Hall–Kier alpha value is -2.41. The Bertz CT molecular complexity index is 625. The van der Waals surface area contributed by atoms with Crippen LogP contribution in [0.2, 0.25) is 0 Å². The maximum atomic E-state index is 11.8. The minimum absolute atomic E-state index is 0.0398. The summed E-state index contributed by atoms with van der Waals surface area (Å²) in [6.07, 6.45) is 1.70. The molecule has 0 fully saturated rings. The molecule has 6 nitrogen and oxygen atoms in total. The number of hydrogen-bond acceptors (Lipinski definition) is 3. The highest BCUT2D eigenvalue weighted by Gasteiger charge is 2.10. The van der Waals surface area contributed by atoms with E-state index in [1.807, 2.05) is 37.3 Å². The number of nitrogens with zero attached hydrogens (tertiary/aromatic N) is 2. The van der Waals surface area contributed by atoms with Crippen molar-refractivity contribution in [2.24, 2.45) is 7.05 Å². The van der Waals surface area contributed by atoms with Gasteiger partial charge in [-0.2, -0.15) is 5.10 Å². The fourth-order valence-corrected chi connectivity index (χ4v) is 2.00. The molecule has 1 atom stereocenters. The molecule has 0 saturated carbocycles. The van der Waals surface area contributed by atoms with Crippen molar-refractivity contribution in [3.63, 3.8) is 0 Å². The molecule has 2 rings (SSSR count). The molecule has 0 spiro atoms. The van der Waals surface area contributed by atoms with Gasteiger partial charge in [0.05, 0.1) is 6.04 Å². The second-order valence-corrected chi connectivity index (χ2v) is 4.97. The Morgan fingerprint density at radius 3 is 2.57 bits per heavy atom. The lowest BCUT2D eigenvalue weighted by Gasteiger charge is -2.17. The van der Waals surface area contributed by atoms with Crippen molar-refractivity contribution in [1.82, 2.24) is 25.9 Å². The molecular formula is C14H17N5OS. The lowest BCUT2D eigenvalue weighted by Crippen LogP contribution is -2.47. The number of carbonyl (C=O) groups excluding carboxylic acids is 1. The summed E-state index contributed by atoms with van der Waals surface area (Å²) in [4.78, 5) is 11.8. The van der Waals surface area contributed by atoms with Crippen LogP contribution in [0.25, 0.3) is 0 Å². The van der Waals surface area contributed by atoms with Gasteiger partial charge in [-0.15, -0.1) is 0 Å². The quantitative estimate of drug-likeness (QED) is 0.589. The molecule has 1 heterocycles. The third-order valence-electron chi connectivity index (χ3n) is 2.88. The van der Waals surface area contributed by atoms with Crippen molar-refractivity contribution in [2.45, 2.75) is 13.0 Å². The third-order valence-corrected chi connectivity index (χ3v) is 3.10. The molecule has 21 heavy (non-hydrogen) atoms. The normalized spacial score (nSPS) is 11.5. The van der Waals surface area contributed by atoms with Crippen LogP contribution >= 0.6 is 12.2 Å². The van der Waals surface area contributed by atoms with Gasteiger partial charge in [-0.3, -0.25) is 20.3 Å². The zero-order valence-electron chi connectivity index (χ0n) is 11.8. The molecule has 1 amide bonds. The summed E-state index contributed by atoms with van der Waals surface area (Å²) in [7, 11) is 1.75. The highest BCUT2D eigenvalue weighted by atomic mass is 32.1. The molecule has 0 aliphatic rings. The van der Waals surface area contributed by atoms with E-state index in [1.54, 1.807) is 24.0 Å². The summed E-state index contributed by atoms with van der Waals surface area (Å²) < 4.78 is 1.56. The van der Waals surface area contributed by atoms with Gasteiger partial charge in [0.15, 0.2) is 10.8 Å². The Morgan fingerprint density at radius 2 is 1.95 bits per heavy atom. The predicted octanol–water partition coefficient (Wildman–Crippen LogP) is 1.29. The van der Waals surface area contributed by atoms with E-state index >= 15 is 0 Å². The lowest BCUT2D eigenvalue weighted by molar-refractivity contribution is 0.0938. The molecule has 3 N–H and O–H groups in total. The molecule has 7 heteroatoms. The van der Waals surface area contributed by atoms with E-state index in [4.69, 9.17) is 12.2 Å². The number of aryl methyl sites for hydroxylation is 1. The number of aromatic nitrogens is 2. The van der Waals surface area contributed by atoms with E-state index in [-0.39, 0.29) is 11.9 Å². The molecule has 0 unspecified atom stereocenters. The lowest BCUT2D eigenvalue weighted by atomic mass is 10.1. The van der Waals surface area contributed by atoms with Crippen LogP contribution in [-0.4, -0.2) is 20.8 Å². The highest BCUT2D eigenvalue weighted by molar-refractivity contribution is 7.80. The van der Waals surface area contributed by atoms with E-state index in [1.165, 1.54) is 0 Å². The van der Waals surface area contributed by atoms with E-state index in [2.05, 4.69) is 21.3 Å². The number of carbonyl (C=O) groups is 1. The molecule has 2 aromatic rings. The van der Waals surface area contributed by atoms with Gasteiger partial charge in [0.1, 0.15) is 0 Å². The SMILES string of the molecule is C[C@@H](NC(=S)NNC(=O)c1ccn(C)n1)c1ccccc1. The minimum Gasteiger partial charge on any atom is -0.355 e. The maximum Gasteiger partial charge on any atom is 0.290 e. The molecule has 0 aliphatic carbocycles. The van der Waals surface area contributed by atoms with Crippen molar-refractivity contribution in [2.75, 3.05) is 0 Å². The molecule has 1 aromatic carbocycles. The first-order valence-electron chi connectivity index (χ1n) is 6.47. The molecule has 1 aromatic heterocycles. The number of hydrazine groups is 1. The van der Waals surface area contributed by atoms with E-state index in [0.29, 0.717) is 10.8 Å². The van der Waals surface area contributed by atoms with Crippen LogP contribution in [0, 0.1) is 0 Å². The number of benzene rings is 1. The zero-order chi connectivity index (χ0) is 15.2. The molecule has 0 aliphatic heterocycles. The zero-order valence-corrected chi connectivity index (χ0v) is 12.6. The second-order valence-electron chi connectivity index (χ2n) is 4.56. The minimum atomic E-state index is -0.341. The Balaban J connectivity index is 1.81. The molecule has 0 bridgehead atoms. The van der Waals surface area contributed by atoms with Gasteiger partial charge in [-0.1, -0.05) is 30.3 Å². The summed E-state index contributed by atoms with van der Waals surface area (Å²) in [6, 6.07) is 11.6. The van der Waals surface area contributed by atoms with Crippen molar-refractivity contribution in [3.05, 3.63) is 53.9 Å². The van der Waals surface area contributed by atoms with E-state index < -0.39 is 0 Å². The first-order valence-corrected chi connectivity index (χ1v) is 6.88. The van der Waals surface area contributed by atoms with E-state index in [0.717, 1.165) is 5.56 Å². The smallest absolute Gasteiger partial charge is 0.290 e. The standard InChI is InChI=1S/C14H17N5OS/c1-10(11-6-4-3-5-7-11)15-14(21)17-16-13(20)12-8-9-19(2)18-12/h3-10H,1-2H3,(H,16,20)(H2,15,17,21)/t10-/m1/s1. The van der Waals surface area contributed by atoms with Crippen molar-refractivity contribution < 1.29 is 4.79 Å². The summed E-state index contributed by atoms with van der Waals surface area (Å²) in [5.74, 6) is -0.341. The molecule has 0 saturated heterocycles. The van der Waals surface area contributed by atoms with Gasteiger partial charge in [0.2, 0.25) is 0 Å². The molecule has 0 radical (unpaired) electrons. The van der Waals surface area contributed by atoms with Crippen LogP contribution in [0.4, 0.5) is 0 Å². The van der Waals surface area contributed by atoms with Crippen LogP contribution in [-0.2, 0) is 7.05 Å². The Labute approximate surface area is 128 Å². The number of thiocarbonyl (C=S) groups is 1. The van der Waals surface area contributed by atoms with E-state index in [9.17, 15) is 4.79 Å². The monoisotopic (exact) mass is 303 g/mol. The number of nitrogens with one attached hydrogen (secondary N) is 3. The Morgan fingerprint density at radius 1 is 1.24 bits per heavy atom. The number of amides is 1. The second kappa shape index (κ2) is 6.85. The van der Waals surface area contributed by atoms with Crippen molar-refractivity contribution >= 4 is 23.2 Å². The van der Waals surface area contributed by atoms with Crippen LogP contribution in [0.3, 0.4) is 0 Å². The van der Waals surface area contributed by atoms with Gasteiger partial charge < -0.3 is 5.32 Å². The average Bonchev–Trinajstić information content (AvgIpc) is 2.92. The fourth-order valence-electron chi connectivity index (χ4n) is 1.77. The van der Waals surface area contributed by atoms with Gasteiger partial charge in [-0.25, -0.2) is 0 Å². The topological polar surface area (TPSA) is 71.0 Å². The first kappa shape index (κ1) is 15.0. The third kappa shape index (κ3) is 4.28. The van der Waals surface area contributed by atoms with Crippen LogP contribution in [0.5, 0.6) is 0 Å². The predicted molar refractivity (Wildman–Crippen MR) is 84.4 cm³/mol. The van der Waals surface area contributed by atoms with Crippen LogP contribution in [0.15, 0.2) is 42.6 Å². The Kier molecular flexibility index (Phi) is 4.89. The fraction of sp³-hybridized carbons (Fsp3) is 0.214. The van der Waals surface area contributed by atoms with Gasteiger partial charge >= 0.3 is 0 Å². The van der Waals surface area contributed by atoms with Crippen LogP contribution < -0.4 is 16.2 Å². The summed E-state index contributed by atoms with van der Waals surface area (Å²) in [5.41, 5.74) is 6.59. The maximum absolute atomic E-state index is 11.8. The molecule has 110 valence electrons. The van der Waals surface area contributed by atoms with Crippen molar-refractivity contribution in [3.8, 4) is 0 Å².